The van der Waals surface area contributed by atoms with E-state index >= 15 is 0 Å². The second kappa shape index (κ2) is 8.06. The quantitative estimate of drug-likeness (QED) is 0.480. The molecule has 0 saturated carbocycles. The molecule has 0 aromatic heterocycles. The van der Waals surface area contributed by atoms with Gasteiger partial charge in [-0.25, -0.2) is 0 Å². The van der Waals surface area contributed by atoms with E-state index < -0.39 is 23.4 Å². The fraction of sp³-hybridized carbons (Fsp3) is 0.438. The average molecular weight is 351 g/mol. The fourth-order valence-electron chi connectivity index (χ4n) is 3.19. The summed E-state index contributed by atoms with van der Waals surface area (Å²) in [4.78, 5) is 36.5. The molecule has 136 valence electrons. The Kier molecular flexibility index (Phi) is 6.07. The van der Waals surface area contributed by atoms with Crippen LogP contribution in [0, 0.1) is 0 Å². The number of carbonyl (C=O) groups is 3. The Morgan fingerprint density at radius 3 is 1.88 bits per heavy atom. The minimum Gasteiger partial charge on any atom is -0.480 e. The number of hydrogen-bond donors (Lipinski definition) is 4. The minimum atomic E-state index is -1.05. The first-order valence-electron chi connectivity index (χ1n) is 7.71. The predicted octanol–water partition coefficient (Wildman–Crippen LogP) is -0.700. The van der Waals surface area contributed by atoms with Gasteiger partial charge < -0.3 is 15.3 Å². The highest BCUT2D eigenvalue weighted by molar-refractivity contribution is 5.70. The Morgan fingerprint density at radius 1 is 0.920 bits per heavy atom. The van der Waals surface area contributed by atoms with Crippen LogP contribution in [0.5, 0.6) is 0 Å². The number of rotatable bonds is 8. The second-order valence-electron chi connectivity index (χ2n) is 6.10. The van der Waals surface area contributed by atoms with Gasteiger partial charge in [0.15, 0.2) is 0 Å². The number of hydrogen-bond acceptors (Lipinski definition) is 6. The first-order chi connectivity index (χ1) is 11.8. The van der Waals surface area contributed by atoms with E-state index in [0.717, 1.165) is 5.56 Å². The van der Waals surface area contributed by atoms with Gasteiger partial charge in [-0.15, -0.1) is 0 Å². The van der Waals surface area contributed by atoms with Gasteiger partial charge in [0.1, 0.15) is 0 Å². The average Bonchev–Trinajstić information content (AvgIpc) is 2.52. The molecule has 25 heavy (non-hydrogen) atoms. The normalized spacial score (nSPS) is 17.9. The van der Waals surface area contributed by atoms with Crippen LogP contribution in [-0.4, -0.2) is 82.4 Å². The number of nitrogens with one attached hydrogen (secondary N) is 1. The molecule has 9 heteroatoms. The zero-order valence-electron chi connectivity index (χ0n) is 13.6. The fourth-order valence-corrected chi connectivity index (χ4v) is 3.19. The molecular weight excluding hydrogens is 330 g/mol. The molecule has 9 nitrogen and oxygen atoms in total. The van der Waals surface area contributed by atoms with Crippen molar-refractivity contribution in [1.82, 2.24) is 15.1 Å². The first-order valence-corrected chi connectivity index (χ1v) is 7.71. The van der Waals surface area contributed by atoms with Crippen LogP contribution in [0.2, 0.25) is 0 Å². The molecule has 1 fully saturated rings. The molecule has 2 rings (SSSR count). The van der Waals surface area contributed by atoms with E-state index in [-0.39, 0.29) is 39.4 Å². The smallest absolute Gasteiger partial charge is 0.317 e. The van der Waals surface area contributed by atoms with Gasteiger partial charge in [0.05, 0.1) is 31.8 Å². The van der Waals surface area contributed by atoms with Crippen molar-refractivity contribution in [3.05, 3.63) is 35.9 Å². The largest absolute Gasteiger partial charge is 0.480 e. The standard InChI is InChI=1S/C16H21N3O6/c20-13(21)6-17-16(12-4-2-1-3-5-12)9-18(7-14(22)23)11-19(10-16)8-15(24)25/h1-5,17H,6-11H2,(H,20,21)(H,22,23)(H,24,25). The monoisotopic (exact) mass is 351 g/mol. The van der Waals surface area contributed by atoms with Crippen molar-refractivity contribution in [2.75, 3.05) is 39.4 Å². The maximum absolute atomic E-state index is 11.1. The van der Waals surface area contributed by atoms with Crippen LogP contribution in [0.15, 0.2) is 30.3 Å². The topological polar surface area (TPSA) is 130 Å². The van der Waals surface area contributed by atoms with Crippen LogP contribution in [0.1, 0.15) is 5.56 Å². The van der Waals surface area contributed by atoms with Gasteiger partial charge in [-0.05, 0) is 5.56 Å². The maximum atomic E-state index is 11.1. The third-order valence-corrected chi connectivity index (χ3v) is 4.01. The van der Waals surface area contributed by atoms with Crippen molar-refractivity contribution in [3.8, 4) is 0 Å². The summed E-state index contributed by atoms with van der Waals surface area (Å²) in [7, 11) is 0. The van der Waals surface area contributed by atoms with Gasteiger partial charge in [0, 0.05) is 13.1 Å². The molecule has 1 aromatic carbocycles. The minimum absolute atomic E-state index is 0.182. The van der Waals surface area contributed by atoms with Gasteiger partial charge >= 0.3 is 17.9 Å². The number of carboxylic acid groups (broad SMARTS) is 3. The molecule has 0 amide bonds. The van der Waals surface area contributed by atoms with E-state index in [4.69, 9.17) is 15.3 Å². The zero-order valence-corrected chi connectivity index (χ0v) is 13.6. The lowest BCUT2D eigenvalue weighted by Gasteiger charge is -2.47. The maximum Gasteiger partial charge on any atom is 0.317 e. The highest BCUT2D eigenvalue weighted by Gasteiger charge is 2.41. The van der Waals surface area contributed by atoms with Gasteiger partial charge in [-0.3, -0.25) is 29.5 Å². The summed E-state index contributed by atoms with van der Waals surface area (Å²) in [5, 5.41) is 30.2. The van der Waals surface area contributed by atoms with Crippen molar-refractivity contribution >= 4 is 17.9 Å². The summed E-state index contributed by atoms with van der Waals surface area (Å²) >= 11 is 0. The molecule has 4 N–H and O–H groups in total. The van der Waals surface area contributed by atoms with Crippen LogP contribution in [-0.2, 0) is 19.9 Å². The van der Waals surface area contributed by atoms with Crippen LogP contribution in [0.25, 0.3) is 0 Å². The van der Waals surface area contributed by atoms with Crippen molar-refractivity contribution < 1.29 is 29.7 Å². The van der Waals surface area contributed by atoms with Crippen LogP contribution < -0.4 is 5.32 Å². The van der Waals surface area contributed by atoms with Crippen LogP contribution >= 0.6 is 0 Å². The molecule has 1 heterocycles. The molecule has 0 unspecified atom stereocenters. The Hall–Kier alpha value is -2.49. The Labute approximate surface area is 144 Å². The lowest BCUT2D eigenvalue weighted by molar-refractivity contribution is -0.144. The Morgan fingerprint density at radius 2 is 1.44 bits per heavy atom. The van der Waals surface area contributed by atoms with Crippen LogP contribution in [0.4, 0.5) is 0 Å². The number of aliphatic carboxylic acids is 3. The molecule has 0 bridgehead atoms. The molecule has 1 aliphatic heterocycles. The van der Waals surface area contributed by atoms with E-state index in [9.17, 15) is 14.4 Å². The second-order valence-corrected chi connectivity index (χ2v) is 6.10. The van der Waals surface area contributed by atoms with Crippen molar-refractivity contribution in [2.24, 2.45) is 0 Å². The van der Waals surface area contributed by atoms with Gasteiger partial charge in [-0.1, -0.05) is 30.3 Å². The SMILES string of the molecule is O=C(O)CNC1(c2ccccc2)CN(CC(=O)O)CN(CC(=O)O)C1. The summed E-state index contributed by atoms with van der Waals surface area (Å²) in [6.45, 7) is -0.156. The molecule has 0 spiro atoms. The highest BCUT2D eigenvalue weighted by Crippen LogP contribution is 2.27. The summed E-state index contributed by atoms with van der Waals surface area (Å²) < 4.78 is 0. The summed E-state index contributed by atoms with van der Waals surface area (Å²) in [6.07, 6.45) is 0. The first kappa shape index (κ1) is 18.8. The Bertz CT molecular complexity index is 612. The molecule has 0 aliphatic carbocycles. The summed E-state index contributed by atoms with van der Waals surface area (Å²) in [6, 6.07) is 9.06. The van der Waals surface area contributed by atoms with Gasteiger partial charge in [0.25, 0.3) is 0 Å². The Balaban J connectivity index is 2.36. The molecule has 0 radical (unpaired) electrons. The van der Waals surface area contributed by atoms with Crippen molar-refractivity contribution in [3.63, 3.8) is 0 Å². The highest BCUT2D eigenvalue weighted by atomic mass is 16.4. The van der Waals surface area contributed by atoms with E-state index in [1.54, 1.807) is 21.9 Å². The van der Waals surface area contributed by atoms with E-state index in [0.29, 0.717) is 0 Å². The van der Waals surface area contributed by atoms with Gasteiger partial charge in [-0.2, -0.15) is 0 Å². The summed E-state index contributed by atoms with van der Waals surface area (Å²) in [5.74, 6) is -3.11. The molecule has 0 atom stereocenters. The molecule has 1 aromatic rings. The van der Waals surface area contributed by atoms with E-state index in [1.165, 1.54) is 0 Å². The zero-order chi connectivity index (χ0) is 18.4. The molecule has 1 aliphatic rings. The van der Waals surface area contributed by atoms with Crippen molar-refractivity contribution in [2.45, 2.75) is 5.54 Å². The van der Waals surface area contributed by atoms with Crippen molar-refractivity contribution in [1.29, 1.82) is 0 Å². The van der Waals surface area contributed by atoms with Crippen LogP contribution in [0.3, 0.4) is 0 Å². The molecular formula is C16H21N3O6. The number of benzene rings is 1. The predicted molar refractivity (Wildman–Crippen MR) is 87.0 cm³/mol. The number of nitrogens with zero attached hydrogens (tertiary/aromatic N) is 2. The third-order valence-electron chi connectivity index (χ3n) is 4.01. The number of carboxylic acids is 3. The third kappa shape index (κ3) is 5.24. The van der Waals surface area contributed by atoms with E-state index in [1.807, 2.05) is 18.2 Å². The van der Waals surface area contributed by atoms with E-state index in [2.05, 4.69) is 5.32 Å². The van der Waals surface area contributed by atoms with Gasteiger partial charge in [0.2, 0.25) is 0 Å². The summed E-state index contributed by atoms with van der Waals surface area (Å²) in [5.41, 5.74) is -0.107. The lowest BCUT2D eigenvalue weighted by Crippen LogP contribution is -2.65. The molecule has 1 saturated heterocycles. The lowest BCUT2D eigenvalue weighted by atomic mass is 9.86.